The van der Waals surface area contributed by atoms with Crippen LogP contribution < -0.4 is 5.56 Å². The minimum atomic E-state index is -0.541. The fraction of sp³-hybridized carbons (Fsp3) is 0.0769. The fourth-order valence-electron chi connectivity index (χ4n) is 1.82. The number of aromatic nitrogens is 4. The first-order chi connectivity index (χ1) is 10.6. The predicted molar refractivity (Wildman–Crippen MR) is 79.6 cm³/mol. The summed E-state index contributed by atoms with van der Waals surface area (Å²) in [5.74, 6) is 0.505. The Morgan fingerprint density at radius 3 is 2.77 bits per heavy atom. The van der Waals surface area contributed by atoms with Gasteiger partial charge in [0, 0.05) is 29.9 Å². The lowest BCUT2D eigenvalue weighted by atomic mass is 10.4. The zero-order valence-corrected chi connectivity index (χ0v) is 11.9. The van der Waals surface area contributed by atoms with Crippen molar-refractivity contribution >= 4 is 17.0 Å². The molecule has 0 saturated carbocycles. The molecule has 3 heterocycles. The van der Waals surface area contributed by atoms with Crippen LogP contribution in [0.15, 0.2) is 47.0 Å². The van der Waals surface area contributed by atoms with E-state index in [0.29, 0.717) is 16.5 Å². The van der Waals surface area contributed by atoms with E-state index in [0.717, 1.165) is 0 Å². The van der Waals surface area contributed by atoms with Crippen molar-refractivity contribution in [3.8, 4) is 10.8 Å². The third-order valence-corrected chi connectivity index (χ3v) is 3.71. The van der Waals surface area contributed by atoms with Crippen LogP contribution in [0, 0.1) is 10.1 Å². The molecule has 3 aromatic heterocycles. The Morgan fingerprint density at radius 2 is 2.05 bits per heavy atom. The van der Waals surface area contributed by atoms with E-state index in [-0.39, 0.29) is 17.8 Å². The molecule has 0 N–H and O–H groups in total. The minimum Gasteiger partial charge on any atom is -0.303 e. The first-order valence-corrected chi connectivity index (χ1v) is 7.08. The third kappa shape index (κ3) is 2.88. The molecule has 8 nitrogen and oxygen atoms in total. The lowest BCUT2D eigenvalue weighted by molar-refractivity contribution is -0.385. The van der Waals surface area contributed by atoms with E-state index in [9.17, 15) is 14.9 Å². The van der Waals surface area contributed by atoms with Crippen LogP contribution in [0.5, 0.6) is 0 Å². The summed E-state index contributed by atoms with van der Waals surface area (Å²) in [6, 6.07) is 4.06. The molecular formula is C13H9N5O3S. The Hall–Kier alpha value is -2.94. The molecule has 0 aliphatic carbocycles. The third-order valence-electron chi connectivity index (χ3n) is 2.82. The normalized spacial score (nSPS) is 10.5. The van der Waals surface area contributed by atoms with Crippen molar-refractivity contribution in [2.24, 2.45) is 0 Å². The van der Waals surface area contributed by atoms with Gasteiger partial charge in [-0.3, -0.25) is 14.9 Å². The van der Waals surface area contributed by atoms with E-state index in [1.807, 2.05) is 0 Å². The summed E-state index contributed by atoms with van der Waals surface area (Å²) in [5, 5.41) is 13.2. The summed E-state index contributed by atoms with van der Waals surface area (Å²) < 4.78 is 1.25. The Balaban J connectivity index is 1.88. The molecule has 0 unspecified atom stereocenters. The average Bonchev–Trinajstić information content (AvgIpc) is 2.99. The minimum absolute atomic E-state index is 0.138. The molecule has 0 fully saturated rings. The molecule has 0 aromatic carbocycles. The van der Waals surface area contributed by atoms with E-state index >= 15 is 0 Å². The molecule has 0 atom stereocenters. The van der Waals surface area contributed by atoms with Crippen LogP contribution in [-0.2, 0) is 6.54 Å². The second-order valence-electron chi connectivity index (χ2n) is 4.33. The van der Waals surface area contributed by atoms with Crippen molar-refractivity contribution in [1.29, 1.82) is 0 Å². The molecule has 0 radical (unpaired) electrons. The van der Waals surface area contributed by atoms with Crippen molar-refractivity contribution in [2.45, 2.75) is 6.54 Å². The van der Waals surface area contributed by atoms with E-state index in [2.05, 4.69) is 15.0 Å². The van der Waals surface area contributed by atoms with Gasteiger partial charge in [0.25, 0.3) is 11.2 Å². The van der Waals surface area contributed by atoms with Crippen LogP contribution in [0.4, 0.5) is 5.69 Å². The molecule has 3 rings (SSSR count). The molecular weight excluding hydrogens is 306 g/mol. The number of rotatable bonds is 4. The van der Waals surface area contributed by atoms with Crippen molar-refractivity contribution in [1.82, 2.24) is 19.5 Å². The second kappa shape index (κ2) is 5.82. The van der Waals surface area contributed by atoms with Gasteiger partial charge in [0.05, 0.1) is 23.4 Å². The first-order valence-electron chi connectivity index (χ1n) is 6.20. The number of hydrogen-bond donors (Lipinski definition) is 0. The second-order valence-corrected chi connectivity index (χ2v) is 5.19. The summed E-state index contributed by atoms with van der Waals surface area (Å²) in [7, 11) is 0. The van der Waals surface area contributed by atoms with Crippen molar-refractivity contribution in [3.63, 3.8) is 0 Å². The van der Waals surface area contributed by atoms with Gasteiger partial charge in [-0.05, 0) is 6.07 Å². The van der Waals surface area contributed by atoms with Gasteiger partial charge in [0.2, 0.25) is 0 Å². The zero-order valence-electron chi connectivity index (χ0n) is 11.1. The summed E-state index contributed by atoms with van der Waals surface area (Å²) >= 11 is 1.35. The van der Waals surface area contributed by atoms with E-state index in [1.165, 1.54) is 34.2 Å². The summed E-state index contributed by atoms with van der Waals surface area (Å²) in [6.45, 7) is 0.157. The maximum Gasteiger partial charge on any atom is 0.285 e. The van der Waals surface area contributed by atoms with Gasteiger partial charge in [-0.1, -0.05) is 0 Å². The van der Waals surface area contributed by atoms with Gasteiger partial charge in [0.1, 0.15) is 0 Å². The van der Waals surface area contributed by atoms with E-state index in [4.69, 9.17) is 0 Å². The van der Waals surface area contributed by atoms with E-state index in [1.54, 1.807) is 23.8 Å². The van der Waals surface area contributed by atoms with Crippen LogP contribution in [0.2, 0.25) is 0 Å². The summed E-state index contributed by atoms with van der Waals surface area (Å²) in [6.07, 6.45) is 4.45. The molecule has 0 amide bonds. The monoisotopic (exact) mass is 315 g/mol. The number of nitrogens with zero attached hydrogens (tertiary/aromatic N) is 5. The smallest absolute Gasteiger partial charge is 0.285 e. The highest BCUT2D eigenvalue weighted by atomic mass is 32.1. The zero-order chi connectivity index (χ0) is 15.5. The number of thiazole rings is 1. The lowest BCUT2D eigenvalue weighted by Crippen LogP contribution is -2.19. The standard InChI is InChI=1S/C13H9N5O3S/c19-11-3-2-10(18(20)21)7-17(11)6-9-8-22-13(16-9)12-14-4-1-5-15-12/h1-5,7-8H,6H2. The molecule has 0 spiro atoms. The van der Waals surface area contributed by atoms with E-state index < -0.39 is 4.92 Å². The lowest BCUT2D eigenvalue weighted by Gasteiger charge is -2.02. The molecule has 0 aliphatic rings. The van der Waals surface area contributed by atoms with Gasteiger partial charge in [-0.15, -0.1) is 11.3 Å². The van der Waals surface area contributed by atoms with Gasteiger partial charge in [-0.2, -0.15) is 0 Å². The van der Waals surface area contributed by atoms with Crippen molar-refractivity contribution in [3.05, 3.63) is 68.3 Å². The number of hydrogen-bond acceptors (Lipinski definition) is 7. The Labute approximate surface area is 127 Å². The van der Waals surface area contributed by atoms with Gasteiger partial charge >= 0.3 is 0 Å². The van der Waals surface area contributed by atoms with Crippen LogP contribution in [0.3, 0.4) is 0 Å². The highest BCUT2D eigenvalue weighted by molar-refractivity contribution is 7.13. The van der Waals surface area contributed by atoms with Crippen molar-refractivity contribution < 1.29 is 4.92 Å². The molecule has 0 saturated heterocycles. The molecule has 3 aromatic rings. The Bertz CT molecular complexity index is 875. The van der Waals surface area contributed by atoms with Crippen LogP contribution in [0.1, 0.15) is 5.69 Å². The molecule has 0 bridgehead atoms. The largest absolute Gasteiger partial charge is 0.303 e. The van der Waals surface area contributed by atoms with Gasteiger partial charge in [-0.25, -0.2) is 15.0 Å². The maximum atomic E-state index is 11.8. The quantitative estimate of drug-likeness (QED) is 0.536. The maximum absolute atomic E-state index is 11.8. The highest BCUT2D eigenvalue weighted by Crippen LogP contribution is 2.20. The van der Waals surface area contributed by atoms with Gasteiger partial charge < -0.3 is 4.57 Å². The Kier molecular flexibility index (Phi) is 3.71. The Morgan fingerprint density at radius 1 is 1.27 bits per heavy atom. The van der Waals surface area contributed by atoms with Crippen LogP contribution >= 0.6 is 11.3 Å². The molecule has 0 aliphatic heterocycles. The summed E-state index contributed by atoms with van der Waals surface area (Å²) in [5.41, 5.74) is 0.160. The first kappa shape index (κ1) is 14.0. The topological polar surface area (TPSA) is 104 Å². The number of pyridine rings is 1. The number of nitro groups is 1. The predicted octanol–water partition coefficient (Wildman–Crippen LogP) is 1.72. The fourth-order valence-corrected chi connectivity index (χ4v) is 2.57. The SMILES string of the molecule is O=c1ccc([N+](=O)[O-])cn1Cc1csc(-c2ncccn2)n1. The highest BCUT2D eigenvalue weighted by Gasteiger charge is 2.11. The molecule has 110 valence electrons. The summed E-state index contributed by atoms with van der Waals surface area (Å²) in [4.78, 5) is 34.6. The molecule has 9 heteroatoms. The molecule has 22 heavy (non-hydrogen) atoms. The average molecular weight is 315 g/mol. The van der Waals surface area contributed by atoms with Crippen LogP contribution in [0.25, 0.3) is 10.8 Å². The van der Waals surface area contributed by atoms with Gasteiger partial charge in [0.15, 0.2) is 10.8 Å². The van der Waals surface area contributed by atoms with Crippen LogP contribution in [-0.4, -0.2) is 24.4 Å². The van der Waals surface area contributed by atoms with Crippen molar-refractivity contribution in [2.75, 3.05) is 0 Å².